The van der Waals surface area contributed by atoms with E-state index in [-0.39, 0.29) is 43.3 Å². The summed E-state index contributed by atoms with van der Waals surface area (Å²) in [4.78, 5) is 40.8. The van der Waals surface area contributed by atoms with Crippen LogP contribution in [0.4, 0.5) is 0 Å². The van der Waals surface area contributed by atoms with Gasteiger partial charge in [-0.25, -0.2) is 0 Å². The average molecular weight is 448 g/mol. The van der Waals surface area contributed by atoms with Crippen molar-refractivity contribution in [3.63, 3.8) is 0 Å². The third-order valence-corrected chi connectivity index (χ3v) is 6.25. The minimum absolute atomic E-state index is 0.126. The lowest BCUT2D eigenvalue weighted by Crippen LogP contribution is -2.50. The summed E-state index contributed by atoms with van der Waals surface area (Å²) in [5, 5.41) is 7.59. The number of nitrogens with one attached hydrogen (secondary N) is 2. The zero-order chi connectivity index (χ0) is 22.1. The Labute approximate surface area is 185 Å². The van der Waals surface area contributed by atoms with Crippen molar-refractivity contribution >= 4 is 29.1 Å². The molecule has 0 aromatic carbocycles. The van der Waals surface area contributed by atoms with E-state index in [0.29, 0.717) is 0 Å². The molecule has 1 saturated carbocycles. The summed E-state index contributed by atoms with van der Waals surface area (Å²) in [6.45, 7) is 0.255. The molecular weight excluding hydrogens is 418 g/mol. The Bertz CT molecular complexity index is 831. The molecule has 0 bridgehead atoms. The molecule has 1 aliphatic rings. The molecule has 2 aromatic rings. The van der Waals surface area contributed by atoms with Crippen LogP contribution in [0.3, 0.4) is 0 Å². The fourth-order valence-corrected chi connectivity index (χ4v) is 4.57. The topological polar surface area (TPSA) is 101 Å². The summed E-state index contributed by atoms with van der Waals surface area (Å²) in [6, 6.07) is 6.19. The van der Waals surface area contributed by atoms with Crippen LogP contribution in [0.2, 0.25) is 0 Å². The third kappa shape index (κ3) is 6.41. The van der Waals surface area contributed by atoms with E-state index in [1.165, 1.54) is 35.0 Å². The third-order valence-electron chi connectivity index (χ3n) is 5.33. The normalized spacial score (nSPS) is 15.3. The maximum Gasteiger partial charge on any atom is 0.287 e. The molecule has 0 aliphatic heterocycles. The van der Waals surface area contributed by atoms with Gasteiger partial charge in [-0.2, -0.15) is 0 Å². The molecule has 3 rings (SSSR count). The number of methoxy groups -OCH3 is 1. The fraction of sp³-hybridized carbons (Fsp3) is 0.500. The Hall–Kier alpha value is -2.65. The highest BCUT2D eigenvalue weighted by atomic mass is 32.1. The van der Waals surface area contributed by atoms with E-state index in [1.54, 1.807) is 13.2 Å². The van der Waals surface area contributed by atoms with E-state index in [0.717, 1.165) is 30.6 Å². The lowest BCUT2D eigenvalue weighted by atomic mass is 9.95. The van der Waals surface area contributed by atoms with Crippen molar-refractivity contribution in [3.8, 4) is 0 Å². The molecule has 0 radical (unpaired) electrons. The molecule has 9 heteroatoms. The zero-order valence-corrected chi connectivity index (χ0v) is 18.5. The standard InChI is InChI=1S/C22H29N3O5S/c1-29-13-11-25(19(26)15-23-21(27)17-9-5-12-30-17)20(18-10-6-14-31-18)22(28)24-16-7-3-2-4-8-16/h5-6,9-10,12,14,16,20H,2-4,7-8,11,13,15H2,1H3,(H,23,27)(H,24,28)/t20-/m1/s1. The van der Waals surface area contributed by atoms with Crippen LogP contribution in [0, 0.1) is 0 Å². The predicted molar refractivity (Wildman–Crippen MR) is 117 cm³/mol. The van der Waals surface area contributed by atoms with Crippen LogP contribution in [0.15, 0.2) is 40.3 Å². The van der Waals surface area contributed by atoms with Gasteiger partial charge in [-0.05, 0) is 36.4 Å². The Balaban J connectivity index is 1.74. The number of hydrogen-bond acceptors (Lipinski definition) is 6. The number of nitrogens with zero attached hydrogens (tertiary/aromatic N) is 1. The molecule has 2 N–H and O–H groups in total. The summed E-state index contributed by atoms with van der Waals surface area (Å²) < 4.78 is 10.2. The van der Waals surface area contributed by atoms with Crippen LogP contribution in [0.5, 0.6) is 0 Å². The van der Waals surface area contributed by atoms with Crippen LogP contribution in [0.25, 0.3) is 0 Å². The van der Waals surface area contributed by atoms with Gasteiger partial charge in [-0.15, -0.1) is 11.3 Å². The number of thiophene rings is 1. The smallest absolute Gasteiger partial charge is 0.287 e. The zero-order valence-electron chi connectivity index (χ0n) is 17.7. The van der Waals surface area contributed by atoms with Crippen molar-refractivity contribution in [3.05, 3.63) is 46.5 Å². The van der Waals surface area contributed by atoms with Crippen LogP contribution in [-0.2, 0) is 14.3 Å². The van der Waals surface area contributed by atoms with Crippen LogP contribution in [0.1, 0.15) is 53.6 Å². The summed E-state index contributed by atoms with van der Waals surface area (Å²) in [7, 11) is 1.55. The van der Waals surface area contributed by atoms with Crippen LogP contribution in [-0.4, -0.2) is 55.5 Å². The first kappa shape index (κ1) is 23.0. The van der Waals surface area contributed by atoms with Crippen molar-refractivity contribution in [2.24, 2.45) is 0 Å². The van der Waals surface area contributed by atoms with Gasteiger partial charge in [-0.1, -0.05) is 25.3 Å². The summed E-state index contributed by atoms with van der Waals surface area (Å²) in [6.07, 6.45) is 6.68. The molecule has 3 amide bonds. The quantitative estimate of drug-likeness (QED) is 0.583. The van der Waals surface area contributed by atoms with Crippen molar-refractivity contribution in [1.29, 1.82) is 0 Å². The summed E-state index contributed by atoms with van der Waals surface area (Å²) in [5.41, 5.74) is 0. The minimum Gasteiger partial charge on any atom is -0.459 e. The van der Waals surface area contributed by atoms with Gasteiger partial charge in [0.05, 0.1) is 19.4 Å². The first-order valence-corrected chi connectivity index (χ1v) is 11.4. The number of hydrogen-bond donors (Lipinski definition) is 2. The second-order valence-corrected chi connectivity index (χ2v) is 8.48. The first-order valence-electron chi connectivity index (χ1n) is 10.5. The molecule has 0 spiro atoms. The molecule has 31 heavy (non-hydrogen) atoms. The van der Waals surface area contributed by atoms with Crippen LogP contribution < -0.4 is 10.6 Å². The Kier molecular flexibility index (Phi) is 8.66. The van der Waals surface area contributed by atoms with Crippen molar-refractivity contribution in [2.45, 2.75) is 44.2 Å². The van der Waals surface area contributed by atoms with Gasteiger partial charge in [0.2, 0.25) is 11.8 Å². The highest BCUT2D eigenvalue weighted by molar-refractivity contribution is 7.10. The number of furan rings is 1. The molecule has 0 saturated heterocycles. The maximum absolute atomic E-state index is 13.3. The van der Waals surface area contributed by atoms with E-state index < -0.39 is 11.9 Å². The number of carbonyl (C=O) groups is 3. The largest absolute Gasteiger partial charge is 0.459 e. The lowest BCUT2D eigenvalue weighted by molar-refractivity contribution is -0.141. The number of rotatable bonds is 10. The molecule has 1 aliphatic carbocycles. The molecular formula is C22H29N3O5S. The molecule has 1 fully saturated rings. The molecule has 8 nitrogen and oxygen atoms in total. The number of carbonyl (C=O) groups excluding carboxylic acids is 3. The van der Waals surface area contributed by atoms with E-state index in [4.69, 9.17) is 9.15 Å². The second-order valence-electron chi connectivity index (χ2n) is 7.50. The number of ether oxygens (including phenoxy) is 1. The molecule has 1 atom stereocenters. The Morgan fingerprint density at radius 2 is 2.03 bits per heavy atom. The summed E-state index contributed by atoms with van der Waals surface area (Å²) in [5.74, 6) is -0.921. The lowest BCUT2D eigenvalue weighted by Gasteiger charge is -2.32. The SMILES string of the molecule is COCCN(C(=O)CNC(=O)c1ccco1)[C@@H](C(=O)NC1CCCCC1)c1cccs1. The van der Waals surface area contributed by atoms with Crippen molar-refractivity contribution in [2.75, 3.05) is 26.8 Å². The van der Waals surface area contributed by atoms with Gasteiger partial charge >= 0.3 is 0 Å². The van der Waals surface area contributed by atoms with Gasteiger partial charge in [-0.3, -0.25) is 14.4 Å². The van der Waals surface area contributed by atoms with Gasteiger partial charge < -0.3 is 24.7 Å². The summed E-state index contributed by atoms with van der Waals surface area (Å²) >= 11 is 1.43. The second kappa shape index (κ2) is 11.7. The predicted octanol–water partition coefficient (Wildman–Crippen LogP) is 2.74. The molecule has 2 aromatic heterocycles. The Morgan fingerprint density at radius 1 is 1.23 bits per heavy atom. The highest BCUT2D eigenvalue weighted by Crippen LogP contribution is 2.27. The van der Waals surface area contributed by atoms with Crippen molar-refractivity contribution in [1.82, 2.24) is 15.5 Å². The Morgan fingerprint density at radius 3 is 2.68 bits per heavy atom. The van der Waals surface area contributed by atoms with E-state index in [2.05, 4.69) is 10.6 Å². The van der Waals surface area contributed by atoms with E-state index in [9.17, 15) is 14.4 Å². The number of amides is 3. The molecule has 168 valence electrons. The van der Waals surface area contributed by atoms with Gasteiger partial charge in [0.25, 0.3) is 5.91 Å². The average Bonchev–Trinajstić information content (AvgIpc) is 3.50. The van der Waals surface area contributed by atoms with Gasteiger partial charge in [0, 0.05) is 24.6 Å². The van der Waals surface area contributed by atoms with Gasteiger partial charge in [0.15, 0.2) is 5.76 Å². The monoisotopic (exact) mass is 447 g/mol. The van der Waals surface area contributed by atoms with E-state index in [1.807, 2.05) is 17.5 Å². The van der Waals surface area contributed by atoms with Crippen molar-refractivity contribution < 1.29 is 23.5 Å². The maximum atomic E-state index is 13.3. The highest BCUT2D eigenvalue weighted by Gasteiger charge is 2.33. The first-order chi connectivity index (χ1) is 15.1. The van der Waals surface area contributed by atoms with Crippen LogP contribution >= 0.6 is 11.3 Å². The fourth-order valence-electron chi connectivity index (χ4n) is 3.74. The molecule has 0 unspecified atom stereocenters. The van der Waals surface area contributed by atoms with Gasteiger partial charge in [0.1, 0.15) is 6.04 Å². The molecule has 2 heterocycles. The minimum atomic E-state index is -0.773. The van der Waals surface area contributed by atoms with E-state index >= 15 is 0 Å².